The Morgan fingerprint density at radius 1 is 1.29 bits per heavy atom. The molecule has 3 heteroatoms. The molecule has 1 aliphatic carbocycles. The van der Waals surface area contributed by atoms with Gasteiger partial charge < -0.3 is 10.2 Å². The van der Waals surface area contributed by atoms with Crippen LogP contribution < -0.4 is 10.2 Å². The standard InChI is InChI=1S/C14H21N3/c1-11-10-17(7-6-15-11)14-8-12-4-2-3-5-13(12)9-16-14/h8-9,11,15H,2-7,10H2,1H3/t11-/m0/s1. The van der Waals surface area contributed by atoms with Crippen molar-refractivity contribution in [1.29, 1.82) is 0 Å². The number of pyridine rings is 1. The molecule has 17 heavy (non-hydrogen) atoms. The predicted octanol–water partition coefficient (Wildman–Crippen LogP) is 1.76. The van der Waals surface area contributed by atoms with Crippen LogP contribution in [0.4, 0.5) is 5.82 Å². The monoisotopic (exact) mass is 231 g/mol. The van der Waals surface area contributed by atoms with Crippen LogP contribution in [0.25, 0.3) is 0 Å². The minimum absolute atomic E-state index is 0.571. The van der Waals surface area contributed by atoms with Crippen molar-refractivity contribution < 1.29 is 0 Å². The molecule has 1 atom stereocenters. The Morgan fingerprint density at radius 2 is 2.12 bits per heavy atom. The number of hydrogen-bond acceptors (Lipinski definition) is 3. The van der Waals surface area contributed by atoms with Gasteiger partial charge in [-0.25, -0.2) is 4.98 Å². The van der Waals surface area contributed by atoms with Crippen LogP contribution in [0.5, 0.6) is 0 Å². The number of nitrogens with one attached hydrogen (secondary N) is 1. The second-order valence-electron chi connectivity index (χ2n) is 5.32. The molecule has 3 rings (SSSR count). The van der Waals surface area contributed by atoms with Gasteiger partial charge in [0.1, 0.15) is 5.82 Å². The number of nitrogens with zero attached hydrogens (tertiary/aromatic N) is 2. The van der Waals surface area contributed by atoms with Crippen LogP contribution in [0.2, 0.25) is 0 Å². The topological polar surface area (TPSA) is 28.2 Å². The number of aromatic nitrogens is 1. The number of rotatable bonds is 1. The highest BCUT2D eigenvalue weighted by atomic mass is 15.2. The number of fused-ring (bicyclic) bond motifs is 1. The lowest BCUT2D eigenvalue weighted by molar-refractivity contribution is 0.482. The zero-order valence-electron chi connectivity index (χ0n) is 10.6. The molecular weight excluding hydrogens is 210 g/mol. The van der Waals surface area contributed by atoms with Gasteiger partial charge in [-0.1, -0.05) is 0 Å². The molecule has 1 aromatic heterocycles. The summed E-state index contributed by atoms with van der Waals surface area (Å²) in [6.07, 6.45) is 7.25. The van der Waals surface area contributed by atoms with E-state index in [1.165, 1.54) is 42.6 Å². The molecule has 1 aliphatic heterocycles. The van der Waals surface area contributed by atoms with E-state index in [1.807, 2.05) is 0 Å². The van der Waals surface area contributed by atoms with Gasteiger partial charge in [0.05, 0.1) is 0 Å². The molecule has 0 radical (unpaired) electrons. The van der Waals surface area contributed by atoms with E-state index in [0.29, 0.717) is 6.04 Å². The fourth-order valence-electron chi connectivity index (χ4n) is 2.91. The van der Waals surface area contributed by atoms with E-state index >= 15 is 0 Å². The van der Waals surface area contributed by atoms with Crippen molar-refractivity contribution >= 4 is 5.82 Å². The third-order valence-electron chi connectivity index (χ3n) is 3.90. The van der Waals surface area contributed by atoms with Crippen molar-refractivity contribution in [1.82, 2.24) is 10.3 Å². The molecule has 0 saturated carbocycles. The van der Waals surface area contributed by atoms with Crippen molar-refractivity contribution in [3.05, 3.63) is 23.4 Å². The molecule has 2 aliphatic rings. The maximum Gasteiger partial charge on any atom is 0.128 e. The van der Waals surface area contributed by atoms with Gasteiger partial charge in [-0.3, -0.25) is 0 Å². The molecule has 0 unspecified atom stereocenters. The minimum atomic E-state index is 0.571. The largest absolute Gasteiger partial charge is 0.354 e. The predicted molar refractivity (Wildman–Crippen MR) is 70.6 cm³/mol. The molecule has 1 N–H and O–H groups in total. The van der Waals surface area contributed by atoms with Crippen LogP contribution in [0.3, 0.4) is 0 Å². The zero-order valence-corrected chi connectivity index (χ0v) is 10.6. The molecule has 92 valence electrons. The zero-order chi connectivity index (χ0) is 11.7. The normalized spacial score (nSPS) is 24.5. The molecule has 1 fully saturated rings. The number of aryl methyl sites for hydroxylation is 2. The molecule has 0 bridgehead atoms. The molecule has 2 heterocycles. The average molecular weight is 231 g/mol. The lowest BCUT2D eigenvalue weighted by Crippen LogP contribution is -2.49. The fraction of sp³-hybridized carbons (Fsp3) is 0.643. The van der Waals surface area contributed by atoms with Gasteiger partial charge in [0.2, 0.25) is 0 Å². The van der Waals surface area contributed by atoms with Crippen LogP contribution in [0, 0.1) is 0 Å². The van der Waals surface area contributed by atoms with Gasteiger partial charge in [0, 0.05) is 31.9 Å². The van der Waals surface area contributed by atoms with Crippen LogP contribution in [-0.4, -0.2) is 30.7 Å². The molecule has 3 nitrogen and oxygen atoms in total. The Kier molecular flexibility index (Phi) is 3.02. The Labute approximate surface area is 103 Å². The van der Waals surface area contributed by atoms with Gasteiger partial charge in [-0.05, 0) is 49.8 Å². The molecule has 1 aromatic rings. The number of piperazine rings is 1. The Hall–Kier alpha value is -1.09. The van der Waals surface area contributed by atoms with Gasteiger partial charge >= 0.3 is 0 Å². The van der Waals surface area contributed by atoms with Crippen LogP contribution in [0.15, 0.2) is 12.3 Å². The van der Waals surface area contributed by atoms with E-state index in [-0.39, 0.29) is 0 Å². The van der Waals surface area contributed by atoms with Crippen molar-refractivity contribution in [2.75, 3.05) is 24.5 Å². The third-order valence-corrected chi connectivity index (χ3v) is 3.90. The van der Waals surface area contributed by atoms with Gasteiger partial charge in [0.25, 0.3) is 0 Å². The summed E-state index contributed by atoms with van der Waals surface area (Å²) in [5.41, 5.74) is 3.01. The maximum atomic E-state index is 4.65. The Balaban J connectivity index is 1.83. The SMILES string of the molecule is C[C@H]1CN(c2cc3c(cn2)CCCC3)CCN1. The van der Waals surface area contributed by atoms with E-state index in [1.54, 1.807) is 0 Å². The first-order chi connectivity index (χ1) is 8.33. The molecular formula is C14H21N3. The summed E-state index contributed by atoms with van der Waals surface area (Å²) in [5.74, 6) is 1.18. The molecule has 0 amide bonds. The highest BCUT2D eigenvalue weighted by Gasteiger charge is 2.18. The summed E-state index contributed by atoms with van der Waals surface area (Å²) >= 11 is 0. The minimum Gasteiger partial charge on any atom is -0.354 e. The summed E-state index contributed by atoms with van der Waals surface area (Å²) in [4.78, 5) is 7.06. The fourth-order valence-corrected chi connectivity index (χ4v) is 2.91. The highest BCUT2D eigenvalue weighted by Crippen LogP contribution is 2.24. The van der Waals surface area contributed by atoms with Crippen molar-refractivity contribution in [2.45, 2.75) is 38.6 Å². The van der Waals surface area contributed by atoms with Gasteiger partial charge in [-0.2, -0.15) is 0 Å². The van der Waals surface area contributed by atoms with E-state index in [4.69, 9.17) is 0 Å². The second-order valence-corrected chi connectivity index (χ2v) is 5.32. The second kappa shape index (κ2) is 4.65. The van der Waals surface area contributed by atoms with E-state index < -0.39 is 0 Å². The third kappa shape index (κ3) is 2.29. The lowest BCUT2D eigenvalue weighted by Gasteiger charge is -2.33. The lowest BCUT2D eigenvalue weighted by atomic mass is 9.93. The molecule has 0 spiro atoms. The van der Waals surface area contributed by atoms with Gasteiger partial charge in [-0.15, -0.1) is 0 Å². The molecule has 1 saturated heterocycles. The number of anilines is 1. The van der Waals surface area contributed by atoms with E-state index in [9.17, 15) is 0 Å². The first-order valence-electron chi connectivity index (χ1n) is 6.79. The van der Waals surface area contributed by atoms with Crippen molar-refractivity contribution in [2.24, 2.45) is 0 Å². The Bertz CT molecular complexity index is 402. The summed E-state index contributed by atoms with van der Waals surface area (Å²) in [5, 5.41) is 3.47. The first-order valence-corrected chi connectivity index (χ1v) is 6.79. The summed E-state index contributed by atoms with van der Waals surface area (Å²) in [6.45, 7) is 5.46. The maximum absolute atomic E-state index is 4.65. The Morgan fingerprint density at radius 3 is 2.94 bits per heavy atom. The summed E-state index contributed by atoms with van der Waals surface area (Å²) in [7, 11) is 0. The average Bonchev–Trinajstić information content (AvgIpc) is 2.38. The summed E-state index contributed by atoms with van der Waals surface area (Å²) in [6, 6.07) is 2.90. The summed E-state index contributed by atoms with van der Waals surface area (Å²) < 4.78 is 0. The van der Waals surface area contributed by atoms with Crippen LogP contribution >= 0.6 is 0 Å². The van der Waals surface area contributed by atoms with Crippen molar-refractivity contribution in [3.63, 3.8) is 0 Å². The van der Waals surface area contributed by atoms with E-state index in [2.05, 4.69) is 34.4 Å². The van der Waals surface area contributed by atoms with E-state index in [0.717, 1.165) is 19.6 Å². The van der Waals surface area contributed by atoms with Crippen molar-refractivity contribution in [3.8, 4) is 0 Å². The van der Waals surface area contributed by atoms with Crippen LogP contribution in [0.1, 0.15) is 30.9 Å². The quantitative estimate of drug-likeness (QED) is 0.798. The smallest absolute Gasteiger partial charge is 0.128 e. The van der Waals surface area contributed by atoms with Crippen LogP contribution in [-0.2, 0) is 12.8 Å². The number of hydrogen-bond donors (Lipinski definition) is 1. The first kappa shape index (κ1) is 11.0. The molecule has 0 aromatic carbocycles. The highest BCUT2D eigenvalue weighted by molar-refractivity contribution is 5.45. The van der Waals surface area contributed by atoms with Gasteiger partial charge in [0.15, 0.2) is 0 Å².